The number of allylic oxidation sites excluding steroid dienone is 21. The van der Waals surface area contributed by atoms with Crippen LogP contribution in [0, 0.1) is 0 Å². The summed E-state index contributed by atoms with van der Waals surface area (Å²) >= 11 is 0. The van der Waals surface area contributed by atoms with Gasteiger partial charge in [0.25, 0.3) is 0 Å². The van der Waals surface area contributed by atoms with E-state index in [2.05, 4.69) is 148 Å². The van der Waals surface area contributed by atoms with Gasteiger partial charge in [-0.25, -0.2) is 0 Å². The van der Waals surface area contributed by atoms with Crippen LogP contribution in [0.2, 0.25) is 0 Å². The molecule has 0 aromatic carbocycles. The summed E-state index contributed by atoms with van der Waals surface area (Å²) in [6, 6.07) is -1.05. The maximum atomic E-state index is 13.4. The summed E-state index contributed by atoms with van der Waals surface area (Å²) in [6.07, 6.45) is 69.1. The number of hydrogen-bond acceptors (Lipinski definition) is 10. The molecule has 1 heterocycles. The molecule has 0 aromatic heterocycles. The molecule has 0 aromatic rings. The average Bonchev–Trinajstić information content (AvgIpc) is 3.52. The topological polar surface area (TPSA) is 175 Å². The Kier molecular flexibility index (Phi) is 52.0. The number of esters is 1. The lowest BCUT2D eigenvalue weighted by atomic mass is 9.99. The van der Waals surface area contributed by atoms with E-state index in [4.69, 9.17) is 14.2 Å². The van der Waals surface area contributed by atoms with E-state index < -0.39 is 67.4 Å². The molecule has 0 saturated carbocycles. The predicted octanol–water partition coefficient (Wildman–Crippen LogP) is 15.6. The first-order chi connectivity index (χ1) is 39.7. The monoisotopic (exact) mass is 1130 g/mol. The second-order valence-corrected chi connectivity index (χ2v) is 21.4. The summed E-state index contributed by atoms with van der Waals surface area (Å²) in [5, 5.41) is 57.0. The summed E-state index contributed by atoms with van der Waals surface area (Å²) in [7, 11) is 0. The first-order valence-electron chi connectivity index (χ1n) is 32.0. The molecule has 460 valence electrons. The molecule has 0 spiro atoms. The summed E-state index contributed by atoms with van der Waals surface area (Å²) in [5.74, 6) is -1.25. The van der Waals surface area contributed by atoms with Crippen molar-refractivity contribution < 1.29 is 49.3 Å². The molecule has 1 fully saturated rings. The molecule has 0 aliphatic carbocycles. The predicted molar refractivity (Wildman–Crippen MR) is 337 cm³/mol. The number of carbonyl (C=O) groups is 2. The van der Waals surface area contributed by atoms with E-state index in [9.17, 15) is 35.1 Å². The largest absolute Gasteiger partial charge is 0.454 e. The highest BCUT2D eigenvalue weighted by Gasteiger charge is 2.47. The van der Waals surface area contributed by atoms with Crippen LogP contribution in [0.15, 0.2) is 134 Å². The van der Waals surface area contributed by atoms with Gasteiger partial charge in [-0.15, -0.1) is 0 Å². The third-order valence-electron chi connectivity index (χ3n) is 14.0. The Bertz CT molecular complexity index is 1830. The molecule has 8 unspecified atom stereocenters. The van der Waals surface area contributed by atoms with Crippen molar-refractivity contribution in [2.45, 2.75) is 282 Å². The van der Waals surface area contributed by atoms with Gasteiger partial charge in [-0.2, -0.15) is 0 Å². The number of aliphatic hydroxyl groups excluding tert-OH is 5. The van der Waals surface area contributed by atoms with Crippen molar-refractivity contribution in [1.82, 2.24) is 5.32 Å². The molecule has 11 nitrogen and oxygen atoms in total. The number of aliphatic hydroxyl groups is 5. The number of hydrogen-bond donors (Lipinski definition) is 6. The molecule has 1 rings (SSSR count). The minimum absolute atomic E-state index is 0.0754. The molecule has 8 atom stereocenters. The van der Waals surface area contributed by atoms with Crippen LogP contribution in [0.4, 0.5) is 0 Å². The van der Waals surface area contributed by atoms with Crippen LogP contribution in [-0.4, -0.2) is 99.6 Å². The van der Waals surface area contributed by atoms with Gasteiger partial charge < -0.3 is 45.1 Å². The highest BCUT2D eigenvalue weighted by atomic mass is 16.7. The van der Waals surface area contributed by atoms with E-state index in [1.165, 1.54) is 38.5 Å². The zero-order valence-corrected chi connectivity index (χ0v) is 50.8. The van der Waals surface area contributed by atoms with Crippen LogP contribution < -0.4 is 5.32 Å². The van der Waals surface area contributed by atoms with Crippen molar-refractivity contribution in [3.63, 3.8) is 0 Å². The van der Waals surface area contributed by atoms with Gasteiger partial charge in [-0.3, -0.25) is 9.59 Å². The summed E-state index contributed by atoms with van der Waals surface area (Å²) < 4.78 is 17.6. The molecule has 11 heteroatoms. The Morgan fingerprint density at radius 3 is 1.33 bits per heavy atom. The molecule has 0 bridgehead atoms. The van der Waals surface area contributed by atoms with Crippen LogP contribution in [0.3, 0.4) is 0 Å². The average molecular weight is 1130 g/mol. The fourth-order valence-corrected chi connectivity index (χ4v) is 9.06. The number of nitrogens with one attached hydrogen (secondary N) is 1. The Labute approximate surface area is 493 Å². The van der Waals surface area contributed by atoms with Crippen molar-refractivity contribution >= 4 is 11.9 Å². The standard InChI is InChI=1S/C70H115NO10/c1-4-7-10-13-16-19-22-24-26-28-30-31-32-34-35-37-39-42-45-48-51-54-57-63(74)69(78)71-61(62(73)56-53-50-47-44-41-21-18-15-12-9-6-3)60-79-70-68(67(77)66(76)64(59-72)80-70)81-65(75)58-55-52-49-46-43-40-38-36-33-29-27-25-23-20-17-14-11-8-5-2/h7-8,10-11,16-17,19-20,24-27,30-31,33-36,40,43,53,56,61-64,66-68,70,72-74,76-77H,4-6,9,12-15,18,21-23,28-29,32,37-39,41-42,44-52,54-55,57-60H2,1-3H3,(H,71,78)/b10-7-,11-8-,19-16-,20-17-,26-24-,27-25-,31-30-,35-34-,36-33-,43-40-,56-53+. The molecule has 1 aliphatic heterocycles. The SMILES string of the molecule is CC/C=C\C/C=C\C/C=C\C/C=C\C/C=C\CCCCCCCCC(O)C(=O)NC(COC1OC(CO)C(O)C(O)C1OC(=O)CCCCC/C=C\C/C=C\C/C=C\C/C=C\C/C=C\CC)C(O)/C=C/CCCCCCCCCCC. The van der Waals surface area contributed by atoms with Gasteiger partial charge in [0.05, 0.1) is 25.4 Å². The van der Waals surface area contributed by atoms with Crippen molar-refractivity contribution in [3.05, 3.63) is 134 Å². The third-order valence-corrected chi connectivity index (χ3v) is 14.0. The van der Waals surface area contributed by atoms with Crippen molar-refractivity contribution in [2.24, 2.45) is 0 Å². The highest BCUT2D eigenvalue weighted by Crippen LogP contribution is 2.26. The second-order valence-electron chi connectivity index (χ2n) is 21.4. The summed E-state index contributed by atoms with van der Waals surface area (Å²) in [5.41, 5.74) is 0. The lowest BCUT2D eigenvalue weighted by Crippen LogP contribution is -2.61. The van der Waals surface area contributed by atoms with E-state index in [1.54, 1.807) is 6.08 Å². The van der Waals surface area contributed by atoms with Crippen LogP contribution in [0.1, 0.15) is 233 Å². The second kappa shape index (κ2) is 56.3. The van der Waals surface area contributed by atoms with Crippen LogP contribution in [0.25, 0.3) is 0 Å². The summed E-state index contributed by atoms with van der Waals surface area (Å²) in [4.78, 5) is 26.6. The van der Waals surface area contributed by atoms with E-state index in [0.29, 0.717) is 12.8 Å². The molecule has 6 N–H and O–H groups in total. The molecule has 0 radical (unpaired) electrons. The normalized spacial score (nSPS) is 19.6. The maximum absolute atomic E-state index is 13.4. The first-order valence-corrected chi connectivity index (χ1v) is 32.0. The Hall–Kier alpha value is -4.20. The Morgan fingerprint density at radius 1 is 0.494 bits per heavy atom. The molecule has 81 heavy (non-hydrogen) atoms. The zero-order chi connectivity index (χ0) is 58.9. The van der Waals surface area contributed by atoms with Crippen LogP contribution in [-0.2, 0) is 23.8 Å². The Morgan fingerprint density at radius 2 is 0.889 bits per heavy atom. The molecule has 1 aliphatic rings. The fraction of sp³-hybridized carbons (Fsp3) is 0.657. The molecular weight excluding hydrogens is 1010 g/mol. The lowest BCUT2D eigenvalue weighted by Gasteiger charge is -2.41. The van der Waals surface area contributed by atoms with Gasteiger partial charge in [-0.1, -0.05) is 244 Å². The zero-order valence-electron chi connectivity index (χ0n) is 50.8. The van der Waals surface area contributed by atoms with Gasteiger partial charge in [0.15, 0.2) is 12.4 Å². The number of rotatable bonds is 52. The van der Waals surface area contributed by atoms with Gasteiger partial charge in [0.2, 0.25) is 5.91 Å². The molecule has 1 amide bonds. The van der Waals surface area contributed by atoms with Crippen LogP contribution in [0.5, 0.6) is 0 Å². The van der Waals surface area contributed by atoms with E-state index >= 15 is 0 Å². The quantitative estimate of drug-likeness (QED) is 0.0195. The van der Waals surface area contributed by atoms with Gasteiger partial charge in [0.1, 0.15) is 24.4 Å². The lowest BCUT2D eigenvalue weighted by molar-refractivity contribution is -0.305. The highest BCUT2D eigenvalue weighted by molar-refractivity contribution is 5.80. The molecular formula is C70H115NO10. The fourth-order valence-electron chi connectivity index (χ4n) is 9.06. The summed E-state index contributed by atoms with van der Waals surface area (Å²) in [6.45, 7) is 5.52. The minimum atomic E-state index is -1.64. The van der Waals surface area contributed by atoms with Gasteiger partial charge >= 0.3 is 5.97 Å². The van der Waals surface area contributed by atoms with E-state index in [1.807, 2.05) is 6.08 Å². The third kappa shape index (κ3) is 44.1. The maximum Gasteiger partial charge on any atom is 0.306 e. The number of unbranched alkanes of at least 4 members (excludes halogenated alkanes) is 18. The number of ether oxygens (including phenoxy) is 3. The number of amides is 1. The van der Waals surface area contributed by atoms with Crippen molar-refractivity contribution in [1.29, 1.82) is 0 Å². The minimum Gasteiger partial charge on any atom is -0.454 e. The van der Waals surface area contributed by atoms with Crippen LogP contribution >= 0.6 is 0 Å². The number of carbonyl (C=O) groups excluding carboxylic acids is 2. The van der Waals surface area contributed by atoms with Crippen molar-refractivity contribution in [3.8, 4) is 0 Å². The van der Waals surface area contributed by atoms with Gasteiger partial charge in [0, 0.05) is 6.42 Å². The molecule has 1 saturated heterocycles. The first kappa shape index (κ1) is 74.8. The smallest absolute Gasteiger partial charge is 0.306 e. The van der Waals surface area contributed by atoms with Gasteiger partial charge in [-0.05, 0) is 116 Å². The van der Waals surface area contributed by atoms with E-state index in [-0.39, 0.29) is 19.4 Å². The van der Waals surface area contributed by atoms with Crippen molar-refractivity contribution in [2.75, 3.05) is 13.2 Å². The van der Waals surface area contributed by atoms with E-state index in [0.717, 1.165) is 148 Å². The Balaban J connectivity index is 2.68.